The number of hydrogen-bond acceptors (Lipinski definition) is 3. The van der Waals surface area contributed by atoms with Gasteiger partial charge in [-0.15, -0.1) is 0 Å². The fourth-order valence-electron chi connectivity index (χ4n) is 2.14. The van der Waals surface area contributed by atoms with Crippen molar-refractivity contribution in [3.8, 4) is 22.8 Å². The van der Waals surface area contributed by atoms with Gasteiger partial charge in [-0.1, -0.05) is 30.3 Å². The number of nitrogens with zero attached hydrogens (tertiary/aromatic N) is 3. The third-order valence-electron chi connectivity index (χ3n) is 3.19. The average molecular weight is 261 g/mol. The zero-order chi connectivity index (χ0) is 13.9. The summed E-state index contributed by atoms with van der Waals surface area (Å²) in [7, 11) is 0. The maximum Gasteiger partial charge on any atom is 0.178 e. The topological polar surface area (TPSA) is 38.7 Å². The third-order valence-corrected chi connectivity index (χ3v) is 3.19. The van der Waals surface area contributed by atoms with Gasteiger partial charge in [0.25, 0.3) is 0 Å². The molecule has 0 aliphatic carbocycles. The van der Waals surface area contributed by atoms with Crippen molar-refractivity contribution in [1.29, 1.82) is 0 Å². The second kappa shape index (κ2) is 5.21. The summed E-state index contributed by atoms with van der Waals surface area (Å²) >= 11 is 0. The van der Waals surface area contributed by atoms with Crippen LogP contribution in [-0.2, 0) is 0 Å². The Bertz CT molecular complexity index is 750. The lowest BCUT2D eigenvalue weighted by molar-refractivity contribution is 1.09. The SMILES string of the molecule is Cc1ccnc(-c2cccc(-c3ccccc3C)n2)n1. The van der Waals surface area contributed by atoms with Crippen LogP contribution in [0.1, 0.15) is 11.3 Å². The first-order chi connectivity index (χ1) is 9.74. The number of benzene rings is 1. The molecule has 3 rings (SSSR count). The van der Waals surface area contributed by atoms with E-state index in [0.717, 1.165) is 22.6 Å². The summed E-state index contributed by atoms with van der Waals surface area (Å²) in [5, 5.41) is 0. The fourth-order valence-corrected chi connectivity index (χ4v) is 2.14. The number of aromatic nitrogens is 3. The summed E-state index contributed by atoms with van der Waals surface area (Å²) in [6, 6.07) is 16.1. The highest BCUT2D eigenvalue weighted by atomic mass is 14.9. The van der Waals surface area contributed by atoms with E-state index in [0.29, 0.717) is 5.82 Å². The van der Waals surface area contributed by atoms with Crippen LogP contribution in [0.4, 0.5) is 0 Å². The molecule has 0 spiro atoms. The monoisotopic (exact) mass is 261 g/mol. The van der Waals surface area contributed by atoms with Crippen LogP contribution in [0.25, 0.3) is 22.8 Å². The summed E-state index contributed by atoms with van der Waals surface area (Å²) in [5.74, 6) is 0.667. The maximum absolute atomic E-state index is 4.69. The van der Waals surface area contributed by atoms with Crippen LogP contribution in [0.2, 0.25) is 0 Å². The zero-order valence-electron chi connectivity index (χ0n) is 11.5. The molecule has 3 aromatic rings. The smallest absolute Gasteiger partial charge is 0.178 e. The number of hydrogen-bond donors (Lipinski definition) is 0. The summed E-state index contributed by atoms with van der Waals surface area (Å²) in [5.41, 5.74) is 5.04. The van der Waals surface area contributed by atoms with Crippen molar-refractivity contribution in [3.63, 3.8) is 0 Å². The van der Waals surface area contributed by atoms with Crippen molar-refractivity contribution >= 4 is 0 Å². The molecule has 0 radical (unpaired) electrons. The molecule has 2 aromatic heterocycles. The molecule has 98 valence electrons. The molecule has 0 atom stereocenters. The van der Waals surface area contributed by atoms with E-state index < -0.39 is 0 Å². The fraction of sp³-hybridized carbons (Fsp3) is 0.118. The predicted octanol–water partition coefficient (Wildman–Crippen LogP) is 3.82. The first-order valence-corrected chi connectivity index (χ1v) is 6.57. The number of rotatable bonds is 2. The second-order valence-corrected chi connectivity index (χ2v) is 4.74. The van der Waals surface area contributed by atoms with Gasteiger partial charge in [0.2, 0.25) is 0 Å². The Labute approximate surface area is 118 Å². The van der Waals surface area contributed by atoms with Crippen LogP contribution in [0.15, 0.2) is 54.7 Å². The molecule has 0 saturated heterocycles. The van der Waals surface area contributed by atoms with Crippen molar-refractivity contribution in [1.82, 2.24) is 15.0 Å². The molecule has 0 saturated carbocycles. The molecular formula is C17H15N3. The van der Waals surface area contributed by atoms with Gasteiger partial charge in [-0.2, -0.15) is 0 Å². The standard InChI is InChI=1S/C17H15N3/c1-12-6-3-4-7-14(12)15-8-5-9-16(20-15)17-18-11-10-13(2)19-17/h3-11H,1-2H3. The molecule has 0 aliphatic rings. The van der Waals surface area contributed by atoms with E-state index in [2.05, 4.69) is 29.0 Å². The summed E-state index contributed by atoms with van der Waals surface area (Å²) in [4.78, 5) is 13.4. The lowest BCUT2D eigenvalue weighted by Gasteiger charge is -2.07. The van der Waals surface area contributed by atoms with Crippen molar-refractivity contribution in [2.75, 3.05) is 0 Å². The molecule has 20 heavy (non-hydrogen) atoms. The first-order valence-electron chi connectivity index (χ1n) is 6.57. The lowest BCUT2D eigenvalue weighted by atomic mass is 10.1. The number of aryl methyl sites for hydroxylation is 2. The van der Waals surface area contributed by atoms with E-state index in [1.165, 1.54) is 5.56 Å². The quantitative estimate of drug-likeness (QED) is 0.704. The van der Waals surface area contributed by atoms with Gasteiger partial charge in [0, 0.05) is 17.5 Å². The highest BCUT2D eigenvalue weighted by molar-refractivity contribution is 5.66. The summed E-state index contributed by atoms with van der Waals surface area (Å²) < 4.78 is 0. The minimum Gasteiger partial charge on any atom is -0.244 e. The van der Waals surface area contributed by atoms with Gasteiger partial charge in [-0.25, -0.2) is 15.0 Å². The first kappa shape index (κ1) is 12.5. The van der Waals surface area contributed by atoms with Gasteiger partial charge >= 0.3 is 0 Å². The van der Waals surface area contributed by atoms with Gasteiger partial charge in [0.1, 0.15) is 5.69 Å². The highest BCUT2D eigenvalue weighted by Gasteiger charge is 2.07. The van der Waals surface area contributed by atoms with Crippen molar-refractivity contribution in [2.45, 2.75) is 13.8 Å². The predicted molar refractivity (Wildman–Crippen MR) is 80.2 cm³/mol. The molecule has 0 bridgehead atoms. The van der Waals surface area contributed by atoms with Crippen molar-refractivity contribution in [3.05, 3.63) is 66.0 Å². The molecule has 0 amide bonds. The molecular weight excluding hydrogens is 246 g/mol. The molecule has 3 heteroatoms. The van der Waals surface area contributed by atoms with Crippen LogP contribution in [-0.4, -0.2) is 15.0 Å². The van der Waals surface area contributed by atoms with Crippen molar-refractivity contribution < 1.29 is 0 Å². The largest absolute Gasteiger partial charge is 0.244 e. The lowest BCUT2D eigenvalue weighted by Crippen LogP contribution is -1.95. The molecule has 0 aliphatic heterocycles. The van der Waals surface area contributed by atoms with Gasteiger partial charge in [0.15, 0.2) is 5.82 Å². The Kier molecular flexibility index (Phi) is 3.25. The van der Waals surface area contributed by atoms with Gasteiger partial charge < -0.3 is 0 Å². The van der Waals surface area contributed by atoms with Crippen LogP contribution >= 0.6 is 0 Å². The van der Waals surface area contributed by atoms with Crippen LogP contribution in [0.5, 0.6) is 0 Å². The van der Waals surface area contributed by atoms with Crippen LogP contribution < -0.4 is 0 Å². The minimum absolute atomic E-state index is 0.667. The minimum atomic E-state index is 0.667. The van der Waals surface area contributed by atoms with Gasteiger partial charge in [-0.3, -0.25) is 0 Å². The molecule has 0 N–H and O–H groups in total. The van der Waals surface area contributed by atoms with E-state index in [-0.39, 0.29) is 0 Å². The molecule has 3 nitrogen and oxygen atoms in total. The molecule has 1 aromatic carbocycles. The van der Waals surface area contributed by atoms with E-state index in [4.69, 9.17) is 4.98 Å². The van der Waals surface area contributed by atoms with Crippen LogP contribution in [0.3, 0.4) is 0 Å². The Balaban J connectivity index is 2.09. The van der Waals surface area contributed by atoms with Gasteiger partial charge in [0.05, 0.1) is 5.69 Å². The second-order valence-electron chi connectivity index (χ2n) is 4.74. The van der Waals surface area contributed by atoms with E-state index in [1.807, 2.05) is 43.3 Å². The molecule has 0 unspecified atom stereocenters. The summed E-state index contributed by atoms with van der Waals surface area (Å²) in [6.45, 7) is 4.04. The maximum atomic E-state index is 4.69. The Morgan fingerprint density at radius 3 is 2.35 bits per heavy atom. The van der Waals surface area contributed by atoms with E-state index >= 15 is 0 Å². The Morgan fingerprint density at radius 2 is 1.55 bits per heavy atom. The summed E-state index contributed by atoms with van der Waals surface area (Å²) in [6.07, 6.45) is 1.76. The third kappa shape index (κ3) is 2.43. The van der Waals surface area contributed by atoms with E-state index in [9.17, 15) is 0 Å². The van der Waals surface area contributed by atoms with Crippen LogP contribution in [0, 0.1) is 13.8 Å². The normalized spacial score (nSPS) is 10.5. The molecule has 2 heterocycles. The van der Waals surface area contributed by atoms with E-state index in [1.54, 1.807) is 6.20 Å². The Morgan fingerprint density at radius 1 is 0.750 bits per heavy atom. The highest BCUT2D eigenvalue weighted by Crippen LogP contribution is 2.23. The average Bonchev–Trinajstić information content (AvgIpc) is 2.48. The Hall–Kier alpha value is -2.55. The van der Waals surface area contributed by atoms with Gasteiger partial charge in [-0.05, 0) is 37.6 Å². The van der Waals surface area contributed by atoms with Crippen molar-refractivity contribution in [2.24, 2.45) is 0 Å². The molecule has 0 fully saturated rings. The number of pyridine rings is 1. The zero-order valence-corrected chi connectivity index (χ0v) is 11.5.